The lowest BCUT2D eigenvalue weighted by Crippen LogP contribution is -2.01. The van der Waals surface area contributed by atoms with E-state index in [1.54, 1.807) is 32.0 Å². The molecule has 220 valence electrons. The topological polar surface area (TPSA) is 90.5 Å². The summed E-state index contributed by atoms with van der Waals surface area (Å²) in [4.78, 5) is 34.5. The van der Waals surface area contributed by atoms with Crippen molar-refractivity contribution in [3.05, 3.63) is 83.9 Å². The van der Waals surface area contributed by atoms with Crippen molar-refractivity contribution in [3.63, 3.8) is 0 Å². The fraction of sp³-hybridized carbons (Fsp3) is 0.250. The van der Waals surface area contributed by atoms with E-state index in [0.29, 0.717) is 16.9 Å². The van der Waals surface area contributed by atoms with Gasteiger partial charge in [0.05, 0.1) is 0 Å². The molecular weight excluding hydrogens is 540 g/mol. The molecule has 0 aliphatic heterocycles. The number of carbonyl (C=O) groups is 3. The van der Waals surface area contributed by atoms with E-state index in [4.69, 9.17) is 4.74 Å². The number of hydrogen-bond donors (Lipinski definition) is 1. The molecule has 2 aromatic heterocycles. The van der Waals surface area contributed by atoms with Crippen LogP contribution < -0.4 is 4.74 Å². The molecule has 0 saturated carbocycles. The molecular formula is C36H36N2O5. The summed E-state index contributed by atoms with van der Waals surface area (Å²) in [6, 6.07) is 22.6. The first-order valence-electron chi connectivity index (χ1n) is 14.6. The van der Waals surface area contributed by atoms with Crippen LogP contribution in [-0.2, 0) is 17.9 Å². The number of esters is 1. The van der Waals surface area contributed by atoms with Crippen molar-refractivity contribution >= 4 is 61.1 Å². The molecule has 6 rings (SSSR count). The van der Waals surface area contributed by atoms with Gasteiger partial charge < -0.3 is 19.0 Å². The number of phenolic OH excluding ortho intramolecular Hbond substituents is 1. The highest BCUT2D eigenvalue weighted by Crippen LogP contribution is 2.34. The van der Waals surface area contributed by atoms with E-state index >= 15 is 0 Å². The number of phenols is 1. The van der Waals surface area contributed by atoms with Crippen LogP contribution in [0.2, 0.25) is 0 Å². The molecule has 2 heterocycles. The van der Waals surface area contributed by atoms with Crippen LogP contribution >= 0.6 is 0 Å². The van der Waals surface area contributed by atoms with Crippen LogP contribution in [0, 0.1) is 0 Å². The highest BCUT2D eigenvalue weighted by Gasteiger charge is 2.14. The summed E-state index contributed by atoms with van der Waals surface area (Å²) in [5.41, 5.74) is 5.77. The van der Waals surface area contributed by atoms with Gasteiger partial charge in [0.15, 0.2) is 11.6 Å². The third kappa shape index (κ3) is 5.75. The Balaban J connectivity index is 0.000000173. The van der Waals surface area contributed by atoms with Crippen molar-refractivity contribution in [2.45, 2.75) is 60.5 Å². The Morgan fingerprint density at radius 1 is 0.605 bits per heavy atom. The Hall–Kier alpha value is -4.91. The normalized spacial score (nSPS) is 11.2. The molecule has 0 bridgehead atoms. The molecule has 0 atom stereocenters. The molecule has 7 nitrogen and oxygen atoms in total. The number of fused-ring (bicyclic) bond motifs is 6. The number of rotatable bonds is 7. The maximum atomic E-state index is 11.7. The zero-order chi connectivity index (χ0) is 30.8. The van der Waals surface area contributed by atoms with Gasteiger partial charge >= 0.3 is 5.97 Å². The second kappa shape index (κ2) is 12.1. The molecule has 7 heteroatoms. The monoisotopic (exact) mass is 576 g/mol. The van der Waals surface area contributed by atoms with Gasteiger partial charge in [-0.25, -0.2) is 0 Å². The highest BCUT2D eigenvalue weighted by atomic mass is 16.5. The van der Waals surface area contributed by atoms with Crippen molar-refractivity contribution in [2.75, 3.05) is 0 Å². The summed E-state index contributed by atoms with van der Waals surface area (Å²) in [7, 11) is 0. The first-order chi connectivity index (χ1) is 20.6. The number of hydrogen-bond acceptors (Lipinski definition) is 5. The van der Waals surface area contributed by atoms with Crippen LogP contribution in [0.4, 0.5) is 0 Å². The van der Waals surface area contributed by atoms with E-state index < -0.39 is 0 Å². The standard InChI is InChI=1S/C19H19NO3.C17H17NO2/c1-4-9-20-18-7-5-14(12(2)21)10-16(18)17-11-15(23-13(3)22)6-8-19(17)20;1-3-8-18-16-6-4-12(11(2)19)9-14(16)15-10-13(20)5-7-17(15)18/h5-8,10-11H,4,9H2,1-3H3;4-7,9-10,20H,3,8H2,1-2H3. The van der Waals surface area contributed by atoms with Crippen molar-refractivity contribution in [1.82, 2.24) is 9.13 Å². The minimum absolute atomic E-state index is 0.0411. The zero-order valence-corrected chi connectivity index (χ0v) is 25.2. The van der Waals surface area contributed by atoms with Gasteiger partial charge in [0.1, 0.15) is 11.5 Å². The number of ether oxygens (including phenoxy) is 1. The summed E-state index contributed by atoms with van der Waals surface area (Å²) in [5.74, 6) is 0.531. The van der Waals surface area contributed by atoms with Gasteiger partial charge in [-0.15, -0.1) is 0 Å². The van der Waals surface area contributed by atoms with E-state index in [2.05, 4.69) is 23.0 Å². The Kier molecular flexibility index (Phi) is 8.35. The Morgan fingerprint density at radius 3 is 1.47 bits per heavy atom. The van der Waals surface area contributed by atoms with E-state index in [0.717, 1.165) is 69.5 Å². The number of Topliss-reactive ketones (excluding diaryl/α,β-unsaturated/α-hetero) is 2. The fourth-order valence-electron chi connectivity index (χ4n) is 5.77. The van der Waals surface area contributed by atoms with Crippen molar-refractivity contribution < 1.29 is 24.2 Å². The molecule has 43 heavy (non-hydrogen) atoms. The van der Waals surface area contributed by atoms with Crippen molar-refractivity contribution in [1.29, 1.82) is 0 Å². The second-order valence-electron chi connectivity index (χ2n) is 10.9. The molecule has 0 aliphatic rings. The number of ketones is 2. The van der Waals surface area contributed by atoms with Gasteiger partial charge in [-0.1, -0.05) is 13.8 Å². The number of aromatic nitrogens is 2. The van der Waals surface area contributed by atoms with Crippen molar-refractivity contribution in [3.8, 4) is 11.5 Å². The van der Waals surface area contributed by atoms with Crippen LogP contribution in [0.15, 0.2) is 72.8 Å². The minimum atomic E-state index is -0.342. The predicted molar refractivity (Wildman–Crippen MR) is 172 cm³/mol. The summed E-state index contributed by atoms with van der Waals surface area (Å²) >= 11 is 0. The van der Waals surface area contributed by atoms with E-state index in [9.17, 15) is 19.5 Å². The van der Waals surface area contributed by atoms with Gasteiger partial charge in [0.2, 0.25) is 0 Å². The molecule has 0 unspecified atom stereocenters. The van der Waals surface area contributed by atoms with Crippen molar-refractivity contribution in [2.24, 2.45) is 0 Å². The summed E-state index contributed by atoms with van der Waals surface area (Å²) in [6.07, 6.45) is 2.05. The third-order valence-electron chi connectivity index (χ3n) is 7.65. The fourth-order valence-corrected chi connectivity index (χ4v) is 5.77. The molecule has 0 spiro atoms. The van der Waals surface area contributed by atoms with Gasteiger partial charge in [-0.2, -0.15) is 0 Å². The smallest absolute Gasteiger partial charge is 0.308 e. The van der Waals surface area contributed by atoms with Crippen LogP contribution in [-0.4, -0.2) is 31.8 Å². The van der Waals surface area contributed by atoms with Gasteiger partial charge in [0.25, 0.3) is 0 Å². The average Bonchev–Trinajstić information content (AvgIpc) is 3.44. The van der Waals surface area contributed by atoms with Crippen LogP contribution in [0.1, 0.15) is 68.2 Å². The number of carbonyl (C=O) groups excluding carboxylic acids is 3. The first-order valence-corrected chi connectivity index (χ1v) is 14.6. The molecule has 0 fully saturated rings. The Morgan fingerprint density at radius 2 is 1.02 bits per heavy atom. The lowest BCUT2D eigenvalue weighted by molar-refractivity contribution is -0.131. The molecule has 0 amide bonds. The molecule has 0 saturated heterocycles. The summed E-state index contributed by atoms with van der Waals surface area (Å²) in [6.45, 7) is 10.6. The minimum Gasteiger partial charge on any atom is -0.508 e. The van der Waals surface area contributed by atoms with E-state index in [1.165, 1.54) is 6.92 Å². The van der Waals surface area contributed by atoms with Gasteiger partial charge in [-0.3, -0.25) is 14.4 Å². The largest absolute Gasteiger partial charge is 0.508 e. The SMILES string of the molecule is CCCn1c2ccc(O)cc2c2cc(C(C)=O)ccc21.CCCn1c2ccc(OC(C)=O)cc2c2cc(C(C)=O)ccc21. The summed E-state index contributed by atoms with van der Waals surface area (Å²) < 4.78 is 9.69. The predicted octanol–water partition coefficient (Wildman–Crippen LogP) is 8.45. The van der Waals surface area contributed by atoms with Crippen LogP contribution in [0.25, 0.3) is 43.6 Å². The van der Waals surface area contributed by atoms with Crippen LogP contribution in [0.3, 0.4) is 0 Å². The lowest BCUT2D eigenvalue weighted by atomic mass is 10.1. The molecule has 4 aromatic carbocycles. The quantitative estimate of drug-likeness (QED) is 0.117. The van der Waals surface area contributed by atoms with Gasteiger partial charge in [0, 0.05) is 74.8 Å². The number of aromatic hydroxyl groups is 1. The Labute approximate surface area is 250 Å². The number of nitrogens with zero attached hydrogens (tertiary/aromatic N) is 2. The molecule has 0 aliphatic carbocycles. The average molecular weight is 577 g/mol. The molecule has 0 radical (unpaired) electrons. The third-order valence-corrected chi connectivity index (χ3v) is 7.65. The van der Waals surface area contributed by atoms with E-state index in [-0.39, 0.29) is 23.3 Å². The van der Waals surface area contributed by atoms with Gasteiger partial charge in [-0.05, 0) is 99.5 Å². The summed E-state index contributed by atoms with van der Waals surface area (Å²) in [5, 5.41) is 13.8. The molecule has 6 aromatic rings. The number of benzene rings is 4. The number of aryl methyl sites for hydroxylation is 2. The first kappa shape index (κ1) is 29.6. The maximum absolute atomic E-state index is 11.7. The zero-order valence-electron chi connectivity index (χ0n) is 25.2. The Bertz CT molecular complexity index is 2030. The van der Waals surface area contributed by atoms with E-state index in [1.807, 2.05) is 54.6 Å². The maximum Gasteiger partial charge on any atom is 0.308 e. The molecule has 1 N–H and O–H groups in total. The second-order valence-corrected chi connectivity index (χ2v) is 10.9. The highest BCUT2D eigenvalue weighted by molar-refractivity contribution is 6.12. The van der Waals surface area contributed by atoms with Crippen LogP contribution in [0.5, 0.6) is 11.5 Å². The lowest BCUT2D eigenvalue weighted by Gasteiger charge is -2.06.